The molecule has 1 N–H and O–H groups in total. The largest absolute Gasteiger partial charge is 0.479 e. The van der Waals surface area contributed by atoms with Crippen molar-refractivity contribution in [2.24, 2.45) is 11.8 Å². The zero-order chi connectivity index (χ0) is 38.8. The molecule has 0 amide bonds. The Hall–Kier alpha value is -4.54. The summed E-state index contributed by atoms with van der Waals surface area (Å²) >= 11 is 5.56. The third-order valence-corrected chi connectivity index (χ3v) is 10.3. The van der Waals surface area contributed by atoms with Gasteiger partial charge in [-0.1, -0.05) is 92.5 Å². The van der Waals surface area contributed by atoms with Crippen molar-refractivity contribution in [1.82, 2.24) is 9.97 Å². The fourth-order valence-corrected chi connectivity index (χ4v) is 7.06. The molecule has 1 fully saturated rings. The number of carboxylic acids is 1. The topological polar surface area (TPSA) is 117 Å². The Bertz CT molecular complexity index is 2170. The van der Waals surface area contributed by atoms with Crippen LogP contribution in [0, 0.1) is 11.8 Å². The van der Waals surface area contributed by atoms with Crippen LogP contribution < -0.4 is 0 Å². The van der Waals surface area contributed by atoms with Crippen LogP contribution in [-0.4, -0.2) is 45.9 Å². The standard InChI is InChI=1S/C28H35NO5.C17H16ClNO2/c1-4-25-24(29-26(34-25)23-13-12-21-10-5-6-11-22(21)15-23)18-32-16-19-8-7-9-20(14-19)17-33-28(2,3)27(30)31;1-2-16-15(10-20-11-18)19-17(21-16)14-8-7-12-5-3-4-6-13(12)9-14/h5-6,10-13,15,19-20H,4,7-9,14,16-18H2,1-3H3,(H,30,31);3-9H,2,10-11H2,1H3/t19-,20+;/m1./s1. The lowest BCUT2D eigenvalue weighted by atomic mass is 9.82. The summed E-state index contributed by atoms with van der Waals surface area (Å²) < 4.78 is 29.0. The Balaban J connectivity index is 0.000000209. The summed E-state index contributed by atoms with van der Waals surface area (Å²) in [5.41, 5.74) is 2.49. The van der Waals surface area contributed by atoms with Gasteiger partial charge in [-0.15, -0.1) is 0 Å². The van der Waals surface area contributed by atoms with E-state index in [0.717, 1.165) is 77.9 Å². The number of benzene rings is 4. The van der Waals surface area contributed by atoms with Crippen molar-refractivity contribution in [3.05, 3.63) is 108 Å². The third-order valence-electron chi connectivity index (χ3n) is 10.2. The molecule has 7 rings (SSSR count). The minimum absolute atomic E-state index is 0.154. The number of hydrogen-bond acceptors (Lipinski definition) is 8. The molecular formula is C45H51ClN2O7. The number of carboxylic acid groups (broad SMARTS) is 1. The summed E-state index contributed by atoms with van der Waals surface area (Å²) in [5, 5.41) is 14.0. The molecule has 1 saturated carbocycles. The summed E-state index contributed by atoms with van der Waals surface area (Å²) in [4.78, 5) is 20.6. The van der Waals surface area contributed by atoms with E-state index in [-0.39, 0.29) is 6.07 Å². The quantitative estimate of drug-likeness (QED) is 0.102. The Labute approximate surface area is 328 Å². The second kappa shape index (κ2) is 18.9. The molecule has 6 aromatic rings. The van der Waals surface area contributed by atoms with Gasteiger partial charge in [0.05, 0.1) is 19.8 Å². The van der Waals surface area contributed by atoms with E-state index in [1.54, 1.807) is 13.8 Å². The van der Waals surface area contributed by atoms with Crippen LogP contribution in [0.3, 0.4) is 0 Å². The summed E-state index contributed by atoms with van der Waals surface area (Å²) in [7, 11) is 0. The van der Waals surface area contributed by atoms with Crippen LogP contribution in [0.4, 0.5) is 0 Å². The molecule has 2 aromatic heterocycles. The molecule has 0 unspecified atom stereocenters. The Morgan fingerprint density at radius 2 is 1.24 bits per heavy atom. The highest BCUT2D eigenvalue weighted by Gasteiger charge is 2.31. The summed E-state index contributed by atoms with van der Waals surface area (Å²) in [6, 6.07) is 29.1. The smallest absolute Gasteiger partial charge is 0.335 e. The molecule has 4 aromatic carbocycles. The Kier molecular flexibility index (Phi) is 13.8. The monoisotopic (exact) mass is 766 g/mol. The lowest BCUT2D eigenvalue weighted by Gasteiger charge is -2.31. The molecule has 0 bridgehead atoms. The first kappa shape index (κ1) is 40.1. The van der Waals surface area contributed by atoms with Gasteiger partial charge in [0.1, 0.15) is 29.0 Å². The highest BCUT2D eigenvalue weighted by Crippen LogP contribution is 2.32. The molecule has 1 aliphatic rings. The number of ether oxygens (including phenoxy) is 3. The molecule has 9 nitrogen and oxygen atoms in total. The van der Waals surface area contributed by atoms with Gasteiger partial charge in [0, 0.05) is 30.6 Å². The zero-order valence-electron chi connectivity index (χ0n) is 32.2. The van der Waals surface area contributed by atoms with Gasteiger partial charge >= 0.3 is 5.97 Å². The van der Waals surface area contributed by atoms with Crippen molar-refractivity contribution in [3.8, 4) is 22.9 Å². The summed E-state index contributed by atoms with van der Waals surface area (Å²) in [5.74, 6) is 2.89. The van der Waals surface area contributed by atoms with Crippen LogP contribution >= 0.6 is 11.6 Å². The fraction of sp³-hybridized carbons (Fsp3) is 0.400. The third kappa shape index (κ3) is 10.4. The normalized spacial score (nSPS) is 15.9. The van der Waals surface area contributed by atoms with E-state index in [1.807, 2.05) is 43.3 Å². The van der Waals surface area contributed by atoms with Gasteiger partial charge in [0.25, 0.3) is 0 Å². The number of halogens is 1. The molecule has 1 aliphatic carbocycles. The Morgan fingerprint density at radius 3 is 1.73 bits per heavy atom. The van der Waals surface area contributed by atoms with Crippen molar-refractivity contribution in [2.75, 3.05) is 19.3 Å². The fourth-order valence-electron chi connectivity index (χ4n) is 6.99. The molecule has 0 spiro atoms. The van der Waals surface area contributed by atoms with Crippen LogP contribution in [-0.2, 0) is 45.1 Å². The minimum atomic E-state index is -1.14. The number of aliphatic carboxylic acids is 1. The molecule has 2 heterocycles. The summed E-state index contributed by atoms with van der Waals surface area (Å²) in [6.07, 6.45) is 5.86. The number of hydrogen-bond donors (Lipinski definition) is 1. The van der Waals surface area contributed by atoms with Crippen LogP contribution in [0.5, 0.6) is 0 Å². The highest BCUT2D eigenvalue weighted by molar-refractivity contribution is 6.17. The molecule has 0 aliphatic heterocycles. The maximum absolute atomic E-state index is 11.3. The second-order valence-corrected chi connectivity index (χ2v) is 14.8. The SMILES string of the molecule is CCc1oc(-c2ccc3ccccc3c2)nc1COCCl.CCc1oc(-c2ccc3ccccc3c2)nc1COC[C@@H]1CCC[C@H](COC(C)(C)C(=O)O)C1. The van der Waals surface area contributed by atoms with Crippen LogP contribution in [0.2, 0.25) is 0 Å². The van der Waals surface area contributed by atoms with Crippen molar-refractivity contribution < 1.29 is 32.9 Å². The Morgan fingerprint density at radius 1 is 0.745 bits per heavy atom. The molecule has 0 radical (unpaired) electrons. The molecule has 55 heavy (non-hydrogen) atoms. The van der Waals surface area contributed by atoms with Gasteiger partial charge in [-0.25, -0.2) is 14.8 Å². The van der Waals surface area contributed by atoms with Crippen LogP contribution in [0.25, 0.3) is 44.5 Å². The number of nitrogens with zero attached hydrogens (tertiary/aromatic N) is 2. The highest BCUT2D eigenvalue weighted by atomic mass is 35.5. The number of fused-ring (bicyclic) bond motifs is 2. The van der Waals surface area contributed by atoms with Crippen molar-refractivity contribution in [3.63, 3.8) is 0 Å². The molecule has 0 saturated heterocycles. The van der Waals surface area contributed by atoms with E-state index in [0.29, 0.717) is 50.0 Å². The number of carbonyl (C=O) groups is 1. The maximum Gasteiger partial charge on any atom is 0.335 e. The van der Waals surface area contributed by atoms with Crippen LogP contribution in [0.1, 0.15) is 76.3 Å². The molecule has 2 atom stereocenters. The minimum Gasteiger partial charge on any atom is -0.479 e. The van der Waals surface area contributed by atoms with E-state index in [1.165, 1.54) is 16.2 Å². The van der Waals surface area contributed by atoms with Gasteiger partial charge in [0.2, 0.25) is 11.8 Å². The van der Waals surface area contributed by atoms with Crippen molar-refractivity contribution >= 4 is 39.1 Å². The van der Waals surface area contributed by atoms with E-state index in [4.69, 9.17) is 39.6 Å². The lowest BCUT2D eigenvalue weighted by molar-refractivity contribution is -0.163. The average Bonchev–Trinajstić information content (AvgIpc) is 3.83. The molecular weight excluding hydrogens is 716 g/mol. The summed E-state index contributed by atoms with van der Waals surface area (Å²) in [6.45, 7) is 9.28. The van der Waals surface area contributed by atoms with Gasteiger partial charge in [-0.2, -0.15) is 0 Å². The van der Waals surface area contributed by atoms with Gasteiger partial charge in [-0.3, -0.25) is 0 Å². The predicted molar refractivity (Wildman–Crippen MR) is 216 cm³/mol. The average molecular weight is 767 g/mol. The number of alkyl halides is 1. The van der Waals surface area contributed by atoms with Crippen molar-refractivity contribution in [1.29, 1.82) is 0 Å². The molecule has 10 heteroatoms. The van der Waals surface area contributed by atoms with Crippen molar-refractivity contribution in [2.45, 2.75) is 85.0 Å². The first-order valence-electron chi connectivity index (χ1n) is 19.2. The van der Waals surface area contributed by atoms with E-state index < -0.39 is 11.6 Å². The predicted octanol–water partition coefficient (Wildman–Crippen LogP) is 11.0. The van der Waals surface area contributed by atoms with Gasteiger partial charge in [-0.05, 0) is 90.8 Å². The maximum atomic E-state index is 11.3. The number of aromatic nitrogens is 2. The first-order chi connectivity index (χ1) is 26.7. The van der Waals surface area contributed by atoms with E-state index in [9.17, 15) is 9.90 Å². The second-order valence-electron chi connectivity index (χ2n) is 14.6. The zero-order valence-corrected chi connectivity index (χ0v) is 32.9. The first-order valence-corrected chi connectivity index (χ1v) is 19.7. The van der Waals surface area contributed by atoms with Crippen LogP contribution in [0.15, 0.2) is 93.8 Å². The number of rotatable bonds is 15. The number of aryl methyl sites for hydroxylation is 2. The van der Waals surface area contributed by atoms with E-state index >= 15 is 0 Å². The number of oxazole rings is 2. The van der Waals surface area contributed by atoms with Gasteiger partial charge < -0.3 is 28.2 Å². The van der Waals surface area contributed by atoms with E-state index in [2.05, 4.69) is 60.4 Å². The van der Waals surface area contributed by atoms with Gasteiger partial charge in [0.15, 0.2) is 5.60 Å². The lowest BCUT2D eigenvalue weighted by Crippen LogP contribution is -2.37. The molecule has 290 valence electrons.